The number of anilines is 1. The van der Waals surface area contributed by atoms with Crippen LogP contribution >= 0.6 is 0 Å². The Kier molecular flexibility index (Phi) is 6.10. The number of hydrogen-bond acceptors (Lipinski definition) is 5. The van der Waals surface area contributed by atoms with Crippen LogP contribution in [0, 0.1) is 13.8 Å². The molecular weight excluding hydrogens is 412 g/mol. The molecule has 0 bridgehead atoms. The van der Waals surface area contributed by atoms with E-state index in [1.807, 2.05) is 53.8 Å². The van der Waals surface area contributed by atoms with Crippen LogP contribution in [-0.4, -0.2) is 66.7 Å². The molecule has 4 rings (SSSR count). The van der Waals surface area contributed by atoms with E-state index in [1.165, 1.54) is 0 Å². The third-order valence-electron chi connectivity index (χ3n) is 6.66. The highest BCUT2D eigenvalue weighted by Gasteiger charge is 2.33. The Balaban J connectivity index is 1.45. The fraction of sp³-hybridized carbons (Fsp3) is 0.565. The zero-order chi connectivity index (χ0) is 22.2. The van der Waals surface area contributed by atoms with Crippen molar-refractivity contribution in [1.29, 1.82) is 0 Å². The molecule has 0 spiro atoms. The smallest absolute Gasteiger partial charge is 0.230 e. The number of carbonyl (C=O) groups excluding carboxylic acids is 1. The van der Waals surface area contributed by atoms with Crippen LogP contribution in [0.2, 0.25) is 0 Å². The van der Waals surface area contributed by atoms with Gasteiger partial charge in [0.1, 0.15) is 0 Å². The number of benzene rings is 1. The van der Waals surface area contributed by atoms with E-state index in [0.29, 0.717) is 19.5 Å². The Morgan fingerprint density at radius 1 is 1.13 bits per heavy atom. The first kappa shape index (κ1) is 21.9. The summed E-state index contributed by atoms with van der Waals surface area (Å²) in [5, 5.41) is 4.70. The molecule has 1 amide bonds. The zero-order valence-corrected chi connectivity index (χ0v) is 19.4. The first-order valence-corrected chi connectivity index (χ1v) is 13.0. The minimum Gasteiger partial charge on any atom is -0.365 e. The summed E-state index contributed by atoms with van der Waals surface area (Å²) >= 11 is 0. The maximum absolute atomic E-state index is 13.2. The Bertz CT molecular complexity index is 1040. The summed E-state index contributed by atoms with van der Waals surface area (Å²) in [6.07, 6.45) is 1.42. The fourth-order valence-electron chi connectivity index (χ4n) is 5.04. The predicted molar refractivity (Wildman–Crippen MR) is 122 cm³/mol. The van der Waals surface area contributed by atoms with Gasteiger partial charge in [0.25, 0.3) is 0 Å². The summed E-state index contributed by atoms with van der Waals surface area (Å²) in [5.41, 5.74) is 4.12. The van der Waals surface area contributed by atoms with E-state index in [0.717, 1.165) is 42.1 Å². The minimum atomic E-state index is -2.96. The molecule has 2 fully saturated rings. The van der Waals surface area contributed by atoms with Crippen molar-refractivity contribution < 1.29 is 13.2 Å². The SMILES string of the molecule is CC[C@H](C(=O)N1CCN(c2c(C)nn([C@H]3CCS(=O)(=O)C3)c2C)CC1)c1ccccc1. The number of aryl methyl sites for hydroxylation is 1. The number of sulfone groups is 1. The van der Waals surface area contributed by atoms with E-state index in [9.17, 15) is 13.2 Å². The molecule has 0 radical (unpaired) electrons. The molecule has 2 aliphatic rings. The van der Waals surface area contributed by atoms with Crippen LogP contribution in [0.3, 0.4) is 0 Å². The van der Waals surface area contributed by atoms with E-state index in [1.54, 1.807) is 0 Å². The van der Waals surface area contributed by atoms with Gasteiger partial charge in [-0.05, 0) is 32.3 Å². The largest absolute Gasteiger partial charge is 0.365 e. The second-order valence-corrected chi connectivity index (χ2v) is 10.9. The molecule has 8 heteroatoms. The summed E-state index contributed by atoms with van der Waals surface area (Å²) in [6, 6.07) is 9.95. The normalized spacial score (nSPS) is 22.0. The average molecular weight is 445 g/mol. The summed E-state index contributed by atoms with van der Waals surface area (Å²) in [4.78, 5) is 17.5. The quantitative estimate of drug-likeness (QED) is 0.709. The minimum absolute atomic E-state index is 0.0727. The lowest BCUT2D eigenvalue weighted by atomic mass is 9.95. The molecular formula is C23H32N4O3S. The fourth-order valence-corrected chi connectivity index (χ4v) is 6.74. The molecule has 0 saturated carbocycles. The highest BCUT2D eigenvalue weighted by Crippen LogP contribution is 2.32. The molecule has 3 heterocycles. The van der Waals surface area contributed by atoms with Crippen LogP contribution < -0.4 is 4.90 Å². The molecule has 2 aromatic rings. The number of piperazine rings is 1. The number of carbonyl (C=O) groups is 1. The summed E-state index contributed by atoms with van der Waals surface area (Å²) in [7, 11) is -2.96. The lowest BCUT2D eigenvalue weighted by Crippen LogP contribution is -2.50. The number of aromatic nitrogens is 2. The van der Waals surface area contributed by atoms with Crippen molar-refractivity contribution in [2.75, 3.05) is 42.6 Å². The maximum atomic E-state index is 13.2. The van der Waals surface area contributed by atoms with Crippen LogP contribution in [0.1, 0.15) is 48.7 Å². The summed E-state index contributed by atoms with van der Waals surface area (Å²) in [6.45, 7) is 8.97. The van der Waals surface area contributed by atoms with Crippen LogP contribution in [0.5, 0.6) is 0 Å². The van der Waals surface area contributed by atoms with E-state index < -0.39 is 9.84 Å². The van der Waals surface area contributed by atoms with Crippen LogP contribution in [0.15, 0.2) is 30.3 Å². The lowest BCUT2D eigenvalue weighted by Gasteiger charge is -2.37. The lowest BCUT2D eigenvalue weighted by molar-refractivity contribution is -0.133. The Hall–Kier alpha value is -2.35. The molecule has 0 N–H and O–H groups in total. The van der Waals surface area contributed by atoms with Gasteiger partial charge in [0, 0.05) is 26.2 Å². The van der Waals surface area contributed by atoms with Gasteiger partial charge in [0.2, 0.25) is 5.91 Å². The van der Waals surface area contributed by atoms with Gasteiger partial charge >= 0.3 is 0 Å². The third-order valence-corrected chi connectivity index (χ3v) is 8.41. The molecule has 0 unspecified atom stereocenters. The van der Waals surface area contributed by atoms with Crippen molar-refractivity contribution in [2.45, 2.75) is 45.6 Å². The average Bonchev–Trinajstić information content (AvgIpc) is 3.27. The van der Waals surface area contributed by atoms with E-state index >= 15 is 0 Å². The molecule has 31 heavy (non-hydrogen) atoms. The standard InChI is InChI=1S/C23H32N4O3S/c1-4-21(19-8-6-5-7-9-19)23(28)26-13-11-25(12-14-26)22-17(2)24-27(18(22)3)20-10-15-31(29,30)16-20/h5-9,20-21H,4,10-16H2,1-3H3/t20-,21-/m0/s1. The highest BCUT2D eigenvalue weighted by atomic mass is 32.2. The number of rotatable bonds is 5. The Morgan fingerprint density at radius 3 is 2.39 bits per heavy atom. The molecule has 2 atom stereocenters. The van der Waals surface area contributed by atoms with Crippen molar-refractivity contribution >= 4 is 21.4 Å². The molecule has 1 aromatic carbocycles. The van der Waals surface area contributed by atoms with Crippen molar-refractivity contribution in [3.05, 3.63) is 47.3 Å². The number of nitrogens with zero attached hydrogens (tertiary/aromatic N) is 4. The molecule has 2 saturated heterocycles. The van der Waals surface area contributed by atoms with E-state index in [-0.39, 0.29) is 29.4 Å². The summed E-state index contributed by atoms with van der Waals surface area (Å²) in [5.74, 6) is 0.526. The van der Waals surface area contributed by atoms with Crippen molar-refractivity contribution in [3.63, 3.8) is 0 Å². The van der Waals surface area contributed by atoms with E-state index in [4.69, 9.17) is 5.10 Å². The molecule has 2 aliphatic heterocycles. The van der Waals surface area contributed by atoms with Crippen LogP contribution in [0.4, 0.5) is 5.69 Å². The van der Waals surface area contributed by atoms with Gasteiger partial charge in [-0.25, -0.2) is 8.42 Å². The second kappa shape index (κ2) is 8.65. The summed E-state index contributed by atoms with van der Waals surface area (Å²) < 4.78 is 25.7. The van der Waals surface area contributed by atoms with Gasteiger partial charge in [-0.2, -0.15) is 5.10 Å². The molecule has 0 aliphatic carbocycles. The monoisotopic (exact) mass is 444 g/mol. The highest BCUT2D eigenvalue weighted by molar-refractivity contribution is 7.91. The van der Waals surface area contributed by atoms with Gasteiger partial charge in [0.15, 0.2) is 9.84 Å². The van der Waals surface area contributed by atoms with Gasteiger partial charge in [-0.1, -0.05) is 37.3 Å². The van der Waals surface area contributed by atoms with Gasteiger partial charge < -0.3 is 9.80 Å². The third kappa shape index (κ3) is 4.35. The first-order chi connectivity index (χ1) is 14.8. The van der Waals surface area contributed by atoms with Gasteiger partial charge in [0.05, 0.1) is 40.5 Å². The molecule has 1 aromatic heterocycles. The van der Waals surface area contributed by atoms with Gasteiger partial charge in [-0.3, -0.25) is 9.48 Å². The second-order valence-electron chi connectivity index (χ2n) is 8.70. The first-order valence-electron chi connectivity index (χ1n) is 11.2. The van der Waals surface area contributed by atoms with Crippen molar-refractivity contribution in [2.24, 2.45) is 0 Å². The maximum Gasteiger partial charge on any atom is 0.230 e. The molecule has 7 nitrogen and oxygen atoms in total. The Labute approximate surface area is 184 Å². The molecule has 168 valence electrons. The zero-order valence-electron chi connectivity index (χ0n) is 18.6. The van der Waals surface area contributed by atoms with Crippen molar-refractivity contribution in [3.8, 4) is 0 Å². The van der Waals surface area contributed by atoms with Gasteiger partial charge in [-0.15, -0.1) is 0 Å². The van der Waals surface area contributed by atoms with Crippen LogP contribution in [-0.2, 0) is 14.6 Å². The predicted octanol–water partition coefficient (Wildman–Crippen LogP) is 2.70. The van der Waals surface area contributed by atoms with Crippen molar-refractivity contribution in [1.82, 2.24) is 14.7 Å². The number of amides is 1. The topological polar surface area (TPSA) is 75.5 Å². The number of hydrogen-bond donors (Lipinski definition) is 0. The van der Waals surface area contributed by atoms with Crippen LogP contribution in [0.25, 0.3) is 0 Å². The van der Waals surface area contributed by atoms with E-state index in [2.05, 4.69) is 11.8 Å². The Morgan fingerprint density at radius 2 is 1.81 bits per heavy atom.